The van der Waals surface area contributed by atoms with Gasteiger partial charge in [0.1, 0.15) is 12.7 Å². The van der Waals surface area contributed by atoms with Gasteiger partial charge in [0.25, 0.3) is 5.91 Å². The average Bonchev–Trinajstić information content (AvgIpc) is 3.02. The van der Waals surface area contributed by atoms with Crippen molar-refractivity contribution in [1.82, 2.24) is 9.58 Å². The molecule has 5 rings (SSSR count). The molecule has 3 heterocycles. The molecule has 11 heteroatoms. The van der Waals surface area contributed by atoms with Gasteiger partial charge in [-0.1, -0.05) is 48.6 Å². The number of rotatable bonds is 3. The number of halogens is 3. The minimum atomic E-state index is -4.71. The van der Waals surface area contributed by atoms with E-state index in [0.29, 0.717) is 10.7 Å². The lowest BCUT2D eigenvalue weighted by Gasteiger charge is -2.48. The number of fused-ring (bicyclic) bond motifs is 3. The lowest BCUT2D eigenvalue weighted by atomic mass is 9.85. The maximum Gasteiger partial charge on any atom is 0.408 e. The summed E-state index contributed by atoms with van der Waals surface area (Å²) in [5.41, 5.74) is 0.761. The smallest absolute Gasteiger partial charge is 0.408 e. The van der Waals surface area contributed by atoms with Gasteiger partial charge in [-0.15, -0.1) is 11.8 Å². The highest BCUT2D eigenvalue weighted by Crippen LogP contribution is 2.45. The number of ether oxygens (including phenoxy) is 1. The van der Waals surface area contributed by atoms with E-state index in [-0.39, 0.29) is 17.8 Å². The minimum absolute atomic E-state index is 0.0317. The summed E-state index contributed by atoms with van der Waals surface area (Å²) in [6, 6.07) is 6.24. The summed E-state index contributed by atoms with van der Waals surface area (Å²) >= 11 is 1.73. The molecule has 0 saturated carbocycles. The van der Waals surface area contributed by atoms with Crippen molar-refractivity contribution in [3.63, 3.8) is 0 Å². The van der Waals surface area contributed by atoms with Crippen LogP contribution >= 0.6 is 11.8 Å². The van der Waals surface area contributed by atoms with Crippen LogP contribution in [0.15, 0.2) is 65.6 Å². The number of carbonyl (C=O) groups is 2. The van der Waals surface area contributed by atoms with E-state index in [9.17, 15) is 27.6 Å². The molecule has 1 aromatic heterocycles. The third kappa shape index (κ3) is 4.45. The zero-order chi connectivity index (χ0) is 26.5. The van der Waals surface area contributed by atoms with E-state index in [0.717, 1.165) is 31.0 Å². The summed E-state index contributed by atoms with van der Waals surface area (Å²) in [6.07, 6.45) is 4.58. The zero-order valence-electron chi connectivity index (χ0n) is 20.0. The van der Waals surface area contributed by atoms with Crippen molar-refractivity contribution >= 4 is 23.6 Å². The lowest BCUT2D eigenvalue weighted by Crippen LogP contribution is -2.61. The minimum Gasteiger partial charge on any atom is -0.420 e. The quantitative estimate of drug-likeness (QED) is 0.554. The topological polar surface area (TPSA) is 71.8 Å². The fourth-order valence-corrected chi connectivity index (χ4v) is 6.34. The number of thioether (sulfide) groups is 1. The summed E-state index contributed by atoms with van der Waals surface area (Å²) in [4.78, 5) is 38.7. The van der Waals surface area contributed by atoms with Crippen molar-refractivity contribution in [2.24, 2.45) is 5.92 Å². The Labute approximate surface area is 215 Å². The summed E-state index contributed by atoms with van der Waals surface area (Å²) in [7, 11) is 0. The van der Waals surface area contributed by atoms with Crippen LogP contribution in [0.25, 0.3) is 0 Å². The molecule has 0 fully saturated rings. The van der Waals surface area contributed by atoms with Crippen molar-refractivity contribution in [2.75, 3.05) is 11.7 Å². The largest absolute Gasteiger partial charge is 0.420 e. The summed E-state index contributed by atoms with van der Waals surface area (Å²) in [5.74, 6) is -1.93. The van der Waals surface area contributed by atoms with Gasteiger partial charge in [-0.05, 0) is 18.1 Å². The molecular formula is C26H24F3N3O4S. The number of esters is 1. The predicted octanol–water partition coefficient (Wildman–Crippen LogP) is 4.17. The van der Waals surface area contributed by atoms with Gasteiger partial charge in [-0.3, -0.25) is 24.1 Å². The SMILES string of the molecule is CC(=O)Oc1c2n(ccc1=O)N([C@H]1c3ccccc3CSC3C=CC=CC31)CN([C@H](C)C(F)(F)F)C2=O. The van der Waals surface area contributed by atoms with Gasteiger partial charge in [0.15, 0.2) is 5.69 Å². The second-order valence-electron chi connectivity index (χ2n) is 9.14. The van der Waals surface area contributed by atoms with E-state index in [1.54, 1.807) is 16.8 Å². The number of pyridine rings is 1. The molecule has 7 nitrogen and oxygen atoms in total. The molecule has 0 saturated heterocycles. The van der Waals surface area contributed by atoms with E-state index in [1.165, 1.54) is 10.9 Å². The molecule has 194 valence electrons. The van der Waals surface area contributed by atoms with Crippen molar-refractivity contribution in [1.29, 1.82) is 0 Å². The van der Waals surface area contributed by atoms with E-state index in [4.69, 9.17) is 4.74 Å². The van der Waals surface area contributed by atoms with Crippen molar-refractivity contribution in [3.05, 3.63) is 87.9 Å². The molecular weight excluding hydrogens is 507 g/mol. The van der Waals surface area contributed by atoms with E-state index < -0.39 is 47.0 Å². The number of nitrogens with zero attached hydrogens (tertiary/aromatic N) is 3. The van der Waals surface area contributed by atoms with Crippen LogP contribution in [-0.4, -0.2) is 45.6 Å². The van der Waals surface area contributed by atoms with Crippen molar-refractivity contribution < 1.29 is 27.5 Å². The van der Waals surface area contributed by atoms with Gasteiger partial charge in [-0.2, -0.15) is 13.2 Å². The Morgan fingerprint density at radius 2 is 1.86 bits per heavy atom. The van der Waals surface area contributed by atoms with E-state index in [2.05, 4.69) is 6.08 Å². The van der Waals surface area contributed by atoms with E-state index in [1.807, 2.05) is 42.5 Å². The molecule has 0 radical (unpaired) electrons. The Balaban J connectivity index is 1.75. The molecule has 1 amide bonds. The zero-order valence-corrected chi connectivity index (χ0v) is 20.8. The Morgan fingerprint density at radius 3 is 2.59 bits per heavy atom. The maximum absolute atomic E-state index is 13.9. The number of benzene rings is 1. The van der Waals surface area contributed by atoms with E-state index >= 15 is 0 Å². The Hall–Kier alpha value is -3.47. The van der Waals surface area contributed by atoms with Crippen LogP contribution in [0.1, 0.15) is 41.5 Å². The second-order valence-corrected chi connectivity index (χ2v) is 10.3. The van der Waals surface area contributed by atoms with Crippen LogP contribution in [0.3, 0.4) is 0 Å². The van der Waals surface area contributed by atoms with Crippen molar-refractivity contribution in [3.8, 4) is 5.75 Å². The van der Waals surface area contributed by atoms with Crippen LogP contribution < -0.4 is 15.2 Å². The summed E-state index contributed by atoms with van der Waals surface area (Å²) in [6.45, 7) is 1.58. The summed E-state index contributed by atoms with van der Waals surface area (Å²) < 4.78 is 48.3. The number of carbonyl (C=O) groups excluding carboxylic acids is 2. The molecule has 0 bridgehead atoms. The van der Waals surface area contributed by atoms with Gasteiger partial charge < -0.3 is 9.64 Å². The number of hydrogen-bond acceptors (Lipinski definition) is 6. The monoisotopic (exact) mass is 531 g/mol. The fraction of sp³-hybridized carbons (Fsp3) is 0.346. The molecule has 4 atom stereocenters. The van der Waals surface area contributed by atoms with Crippen LogP contribution in [0.5, 0.6) is 5.75 Å². The van der Waals surface area contributed by atoms with Gasteiger partial charge in [0.05, 0.1) is 6.04 Å². The van der Waals surface area contributed by atoms with Crippen LogP contribution in [-0.2, 0) is 10.5 Å². The second kappa shape index (κ2) is 9.44. The first-order valence-electron chi connectivity index (χ1n) is 11.7. The standard InChI is InChI=1S/C26H24F3N3O4S/c1-15(26(27,28)29)30-14-32(31-12-11-20(34)24(36-16(2)33)23(31)25(30)35)22-18-8-4-3-7-17(18)13-37-21-10-6-5-9-19(21)22/h3-12,15,19,21-22H,13-14H2,1-2H3/t15-,19?,21?,22+/m1/s1. The molecule has 2 aromatic rings. The molecule has 37 heavy (non-hydrogen) atoms. The molecule has 1 aromatic carbocycles. The first-order valence-corrected chi connectivity index (χ1v) is 12.8. The lowest BCUT2D eigenvalue weighted by molar-refractivity contribution is -0.173. The number of aromatic nitrogens is 1. The van der Waals surface area contributed by atoms with Gasteiger partial charge in [-0.25, -0.2) is 0 Å². The van der Waals surface area contributed by atoms with Gasteiger partial charge in [0.2, 0.25) is 11.2 Å². The van der Waals surface area contributed by atoms with Crippen molar-refractivity contribution in [2.45, 2.75) is 43.1 Å². The molecule has 0 N–H and O–H groups in total. The highest BCUT2D eigenvalue weighted by atomic mass is 32.2. The third-order valence-electron chi connectivity index (χ3n) is 6.87. The Kier molecular flexibility index (Phi) is 6.43. The molecule has 0 spiro atoms. The molecule has 2 aliphatic heterocycles. The Morgan fingerprint density at radius 1 is 1.14 bits per heavy atom. The molecule has 1 aliphatic carbocycles. The average molecular weight is 532 g/mol. The highest BCUT2D eigenvalue weighted by Gasteiger charge is 2.49. The maximum atomic E-state index is 13.9. The fourth-order valence-electron chi connectivity index (χ4n) is 5.04. The van der Waals surface area contributed by atoms with Crippen LogP contribution in [0, 0.1) is 5.92 Å². The van der Waals surface area contributed by atoms with Crippen LogP contribution in [0.4, 0.5) is 13.2 Å². The van der Waals surface area contributed by atoms with Gasteiger partial charge in [0, 0.05) is 36.1 Å². The number of allylic oxidation sites excluding steroid dienone is 2. The van der Waals surface area contributed by atoms with Gasteiger partial charge >= 0.3 is 12.1 Å². The normalized spacial score (nSPS) is 23.6. The third-order valence-corrected chi connectivity index (χ3v) is 8.21. The highest BCUT2D eigenvalue weighted by molar-refractivity contribution is 7.99. The number of alkyl halides is 3. The molecule has 2 unspecified atom stereocenters. The Bertz CT molecular complexity index is 1370. The number of amides is 1. The van der Waals surface area contributed by atoms with Crippen LogP contribution in [0.2, 0.25) is 0 Å². The first kappa shape index (κ1) is 25.2. The first-order chi connectivity index (χ1) is 17.6. The number of hydrogen-bond donors (Lipinski definition) is 0. The summed E-state index contributed by atoms with van der Waals surface area (Å²) in [5, 5.41) is 1.70. The molecule has 3 aliphatic rings. The predicted molar refractivity (Wildman–Crippen MR) is 133 cm³/mol.